The summed E-state index contributed by atoms with van der Waals surface area (Å²) >= 11 is 0. The summed E-state index contributed by atoms with van der Waals surface area (Å²) in [6.45, 7) is 1.94. The predicted octanol–water partition coefficient (Wildman–Crippen LogP) is 2.50. The van der Waals surface area contributed by atoms with E-state index in [1.165, 1.54) is 32.4 Å². The maximum absolute atomic E-state index is 12.2. The summed E-state index contributed by atoms with van der Waals surface area (Å²) in [5, 5.41) is 0. The molecule has 0 radical (unpaired) electrons. The molecule has 0 bridgehead atoms. The van der Waals surface area contributed by atoms with Crippen molar-refractivity contribution in [1.82, 2.24) is 10.9 Å². The summed E-state index contributed by atoms with van der Waals surface area (Å²) in [4.78, 5) is 24.2. The molecule has 2 amide bonds. The third-order valence-electron chi connectivity index (χ3n) is 3.71. The van der Waals surface area contributed by atoms with E-state index in [1.54, 1.807) is 19.3 Å². The molecule has 27 heavy (non-hydrogen) atoms. The van der Waals surface area contributed by atoms with Gasteiger partial charge < -0.3 is 14.2 Å². The zero-order valence-electron chi connectivity index (χ0n) is 15.7. The highest BCUT2D eigenvalue weighted by Gasteiger charge is 2.10. The fraction of sp³-hybridized carbons (Fsp3) is 0.200. The first-order chi connectivity index (χ1) is 13.0. The normalized spacial score (nSPS) is 10.4. The smallest absolute Gasteiger partial charge is 0.269 e. The number of ether oxygens (including phenoxy) is 3. The average molecular weight is 370 g/mol. The van der Waals surface area contributed by atoms with Crippen molar-refractivity contribution in [2.75, 3.05) is 21.3 Å². The Morgan fingerprint density at radius 2 is 1.56 bits per heavy atom. The van der Waals surface area contributed by atoms with Gasteiger partial charge in [-0.1, -0.05) is 11.6 Å². The number of hydrogen-bond acceptors (Lipinski definition) is 5. The molecule has 7 nitrogen and oxygen atoms in total. The minimum Gasteiger partial charge on any atom is -0.497 e. The number of carbonyl (C=O) groups excluding carboxylic acids is 2. The lowest BCUT2D eigenvalue weighted by Crippen LogP contribution is -2.40. The largest absolute Gasteiger partial charge is 0.497 e. The Balaban J connectivity index is 2.01. The van der Waals surface area contributed by atoms with Crippen molar-refractivity contribution in [2.45, 2.75) is 6.92 Å². The van der Waals surface area contributed by atoms with Crippen molar-refractivity contribution >= 4 is 17.9 Å². The number of rotatable bonds is 6. The van der Waals surface area contributed by atoms with Crippen LogP contribution in [0.25, 0.3) is 6.08 Å². The van der Waals surface area contributed by atoms with E-state index in [0.29, 0.717) is 17.2 Å². The molecule has 0 fully saturated rings. The molecule has 0 unspecified atom stereocenters. The Morgan fingerprint density at radius 1 is 0.889 bits per heavy atom. The minimum atomic E-state index is -0.498. The molecule has 142 valence electrons. The fourth-order valence-corrected chi connectivity index (χ4v) is 2.32. The molecule has 0 atom stereocenters. The first-order valence-corrected chi connectivity index (χ1v) is 8.13. The number of carbonyl (C=O) groups is 2. The van der Waals surface area contributed by atoms with Gasteiger partial charge in [0.25, 0.3) is 11.8 Å². The molecule has 0 aliphatic heterocycles. The SMILES string of the molecule is COc1cc(OC)cc(C(=O)NNC(=O)/C=C/c2cc(C)ccc2OC)c1. The summed E-state index contributed by atoms with van der Waals surface area (Å²) in [5.41, 5.74) is 6.76. The van der Waals surface area contributed by atoms with E-state index >= 15 is 0 Å². The minimum absolute atomic E-state index is 0.288. The van der Waals surface area contributed by atoms with Gasteiger partial charge in [-0.2, -0.15) is 0 Å². The lowest BCUT2D eigenvalue weighted by molar-refractivity contribution is -0.117. The molecular weight excluding hydrogens is 348 g/mol. The van der Waals surface area contributed by atoms with Crippen LogP contribution in [0.5, 0.6) is 17.2 Å². The molecule has 0 spiro atoms. The topological polar surface area (TPSA) is 85.9 Å². The monoisotopic (exact) mass is 370 g/mol. The van der Waals surface area contributed by atoms with E-state index in [0.717, 1.165) is 11.1 Å². The Labute approximate surface area is 157 Å². The van der Waals surface area contributed by atoms with Gasteiger partial charge in [0, 0.05) is 23.3 Å². The van der Waals surface area contributed by atoms with E-state index in [1.807, 2.05) is 25.1 Å². The second kappa shape index (κ2) is 9.28. The van der Waals surface area contributed by atoms with Gasteiger partial charge in [-0.25, -0.2) is 0 Å². The lowest BCUT2D eigenvalue weighted by Gasteiger charge is -2.09. The van der Waals surface area contributed by atoms with Gasteiger partial charge in [0.2, 0.25) is 0 Å². The third-order valence-corrected chi connectivity index (χ3v) is 3.71. The van der Waals surface area contributed by atoms with Gasteiger partial charge in [-0.05, 0) is 37.3 Å². The van der Waals surface area contributed by atoms with Crippen LogP contribution in [-0.2, 0) is 4.79 Å². The first kappa shape index (κ1) is 19.8. The quantitative estimate of drug-likeness (QED) is 0.603. The molecule has 0 aliphatic carbocycles. The zero-order chi connectivity index (χ0) is 19.8. The third kappa shape index (κ3) is 5.50. The molecule has 2 aromatic carbocycles. The van der Waals surface area contributed by atoms with Gasteiger partial charge in [0.1, 0.15) is 17.2 Å². The van der Waals surface area contributed by atoms with Gasteiger partial charge in [0.05, 0.1) is 21.3 Å². The first-order valence-electron chi connectivity index (χ1n) is 8.13. The average Bonchev–Trinajstić information content (AvgIpc) is 2.69. The second-order valence-corrected chi connectivity index (χ2v) is 5.62. The van der Waals surface area contributed by atoms with Crippen molar-refractivity contribution in [1.29, 1.82) is 0 Å². The van der Waals surface area contributed by atoms with Crippen LogP contribution < -0.4 is 25.1 Å². The number of amides is 2. The van der Waals surface area contributed by atoms with E-state index in [9.17, 15) is 9.59 Å². The Bertz CT molecular complexity index is 839. The number of methoxy groups -OCH3 is 3. The van der Waals surface area contributed by atoms with Crippen LogP contribution in [0.3, 0.4) is 0 Å². The van der Waals surface area contributed by atoms with Crippen molar-refractivity contribution in [3.63, 3.8) is 0 Å². The van der Waals surface area contributed by atoms with Crippen LogP contribution in [0.15, 0.2) is 42.5 Å². The zero-order valence-corrected chi connectivity index (χ0v) is 15.7. The second-order valence-electron chi connectivity index (χ2n) is 5.62. The highest BCUT2D eigenvalue weighted by Crippen LogP contribution is 2.22. The molecule has 0 saturated heterocycles. The number of nitrogens with one attached hydrogen (secondary N) is 2. The Morgan fingerprint density at radius 3 is 2.15 bits per heavy atom. The van der Waals surface area contributed by atoms with E-state index in [-0.39, 0.29) is 5.56 Å². The molecule has 2 N–H and O–H groups in total. The Hall–Kier alpha value is -3.48. The molecule has 0 saturated carbocycles. The van der Waals surface area contributed by atoms with Crippen LogP contribution in [0.1, 0.15) is 21.5 Å². The highest BCUT2D eigenvalue weighted by atomic mass is 16.5. The van der Waals surface area contributed by atoms with Gasteiger partial charge in [0.15, 0.2) is 0 Å². The summed E-state index contributed by atoms with van der Waals surface area (Å²) in [7, 11) is 4.54. The molecule has 2 rings (SSSR count). The van der Waals surface area contributed by atoms with Crippen molar-refractivity contribution in [3.8, 4) is 17.2 Å². The van der Waals surface area contributed by atoms with E-state index in [2.05, 4.69) is 10.9 Å². The van der Waals surface area contributed by atoms with Crippen LogP contribution in [0.2, 0.25) is 0 Å². The summed E-state index contributed by atoms with van der Waals surface area (Å²) < 4.78 is 15.5. The summed E-state index contributed by atoms with van der Waals surface area (Å²) in [5.74, 6) is 0.607. The maximum atomic E-state index is 12.2. The van der Waals surface area contributed by atoms with Crippen LogP contribution in [0.4, 0.5) is 0 Å². The van der Waals surface area contributed by atoms with Crippen LogP contribution >= 0.6 is 0 Å². The van der Waals surface area contributed by atoms with E-state index < -0.39 is 11.8 Å². The summed E-state index contributed by atoms with van der Waals surface area (Å²) in [6.07, 6.45) is 2.92. The number of hydrazine groups is 1. The number of hydrogen-bond donors (Lipinski definition) is 2. The van der Waals surface area contributed by atoms with Crippen LogP contribution in [0, 0.1) is 6.92 Å². The van der Waals surface area contributed by atoms with Gasteiger partial charge in [-0.3, -0.25) is 20.4 Å². The fourth-order valence-electron chi connectivity index (χ4n) is 2.32. The molecule has 7 heteroatoms. The highest BCUT2D eigenvalue weighted by molar-refractivity contribution is 5.98. The molecule has 0 aliphatic rings. The predicted molar refractivity (Wildman–Crippen MR) is 102 cm³/mol. The maximum Gasteiger partial charge on any atom is 0.269 e. The van der Waals surface area contributed by atoms with Crippen molar-refractivity contribution in [2.24, 2.45) is 0 Å². The number of aryl methyl sites for hydroxylation is 1. The molecule has 0 heterocycles. The standard InChI is InChI=1S/C20H22N2O5/c1-13-5-7-18(27-4)14(9-13)6-8-19(23)21-22-20(24)15-10-16(25-2)12-17(11-15)26-3/h5-12H,1-4H3,(H,21,23)(H,22,24)/b8-6+. The van der Waals surface area contributed by atoms with Crippen molar-refractivity contribution < 1.29 is 23.8 Å². The molecule has 0 aromatic heterocycles. The van der Waals surface area contributed by atoms with E-state index in [4.69, 9.17) is 14.2 Å². The van der Waals surface area contributed by atoms with Gasteiger partial charge in [-0.15, -0.1) is 0 Å². The molecular formula is C20H22N2O5. The Kier molecular flexibility index (Phi) is 6.82. The summed E-state index contributed by atoms with van der Waals surface area (Å²) in [6, 6.07) is 10.4. The van der Waals surface area contributed by atoms with Gasteiger partial charge >= 0.3 is 0 Å². The van der Waals surface area contributed by atoms with Crippen LogP contribution in [-0.4, -0.2) is 33.1 Å². The molecule has 2 aromatic rings. The number of benzene rings is 2. The van der Waals surface area contributed by atoms with Crippen molar-refractivity contribution in [3.05, 3.63) is 59.2 Å². The lowest BCUT2D eigenvalue weighted by atomic mass is 10.1.